The fourth-order valence-corrected chi connectivity index (χ4v) is 2.04. The molecule has 0 fully saturated rings. The summed E-state index contributed by atoms with van der Waals surface area (Å²) in [4.78, 5) is 12.3. The third-order valence-corrected chi connectivity index (χ3v) is 3.04. The quantitative estimate of drug-likeness (QED) is 0.823. The van der Waals surface area contributed by atoms with Gasteiger partial charge in [0, 0.05) is 11.1 Å². The van der Waals surface area contributed by atoms with Crippen LogP contribution < -0.4 is 0 Å². The highest BCUT2D eigenvalue weighted by Gasteiger charge is 2.13. The topological polar surface area (TPSA) is 64.8 Å². The Bertz CT molecular complexity index is 515. The van der Waals surface area contributed by atoms with Crippen LogP contribution in [0.15, 0.2) is 39.2 Å². The van der Waals surface area contributed by atoms with Crippen molar-refractivity contribution >= 4 is 18.2 Å². The Hall–Kier alpha value is -2.37. The van der Waals surface area contributed by atoms with E-state index in [2.05, 4.69) is 19.7 Å². The first-order valence-corrected chi connectivity index (χ1v) is 6.99. The number of nitrogens with zero attached hydrogens (tertiary/aromatic N) is 3. The first-order valence-electron chi connectivity index (χ1n) is 6.99. The highest BCUT2D eigenvalue weighted by Crippen LogP contribution is 2.12. The van der Waals surface area contributed by atoms with E-state index in [-0.39, 0.29) is 0 Å². The summed E-state index contributed by atoms with van der Waals surface area (Å²) >= 11 is 0. The molecule has 3 aliphatic heterocycles. The molecule has 1 aromatic carbocycles. The van der Waals surface area contributed by atoms with Gasteiger partial charge in [0.05, 0.1) is 19.6 Å². The van der Waals surface area contributed by atoms with E-state index in [1.807, 2.05) is 24.3 Å². The van der Waals surface area contributed by atoms with Crippen molar-refractivity contribution in [2.24, 2.45) is 15.0 Å². The van der Waals surface area contributed by atoms with Gasteiger partial charge in [-0.2, -0.15) is 0 Å². The molecular weight excluding hydrogens is 270 g/mol. The van der Waals surface area contributed by atoms with Gasteiger partial charge in [-0.3, -0.25) is 4.99 Å². The third-order valence-electron chi connectivity index (χ3n) is 3.04. The van der Waals surface area contributed by atoms with Crippen molar-refractivity contribution in [2.75, 3.05) is 39.5 Å². The van der Waals surface area contributed by atoms with Crippen molar-refractivity contribution in [3.8, 4) is 0 Å². The van der Waals surface area contributed by atoms with E-state index >= 15 is 0 Å². The average Bonchev–Trinajstić information content (AvgIpc) is 3.32. The molecule has 0 aromatic heterocycles. The summed E-state index contributed by atoms with van der Waals surface area (Å²) in [7, 11) is 0. The van der Waals surface area contributed by atoms with Crippen LogP contribution in [0.4, 0.5) is 0 Å². The molecule has 0 unspecified atom stereocenters. The Morgan fingerprint density at radius 3 is 1.57 bits per heavy atom. The van der Waals surface area contributed by atoms with Gasteiger partial charge in [0.2, 0.25) is 11.8 Å². The number of hydrogen-bond acceptors (Lipinski definition) is 6. The second-order valence-corrected chi connectivity index (χ2v) is 4.53. The van der Waals surface area contributed by atoms with Crippen LogP contribution in [-0.2, 0) is 14.2 Å². The predicted molar refractivity (Wildman–Crippen MR) is 80.5 cm³/mol. The van der Waals surface area contributed by atoms with Crippen molar-refractivity contribution in [3.05, 3.63) is 35.4 Å². The van der Waals surface area contributed by atoms with Crippen LogP contribution in [-0.4, -0.2) is 57.7 Å². The van der Waals surface area contributed by atoms with Crippen LogP contribution in [0.5, 0.6) is 0 Å². The maximum absolute atomic E-state index is 5.39. The molecular formula is C15H17N3O3. The van der Waals surface area contributed by atoms with Gasteiger partial charge in [0.15, 0.2) is 6.40 Å². The smallest absolute Gasteiger partial charge is 0.216 e. The number of benzene rings is 1. The first-order chi connectivity index (χ1) is 10.4. The van der Waals surface area contributed by atoms with Crippen molar-refractivity contribution in [3.63, 3.8) is 0 Å². The van der Waals surface area contributed by atoms with Crippen LogP contribution in [0.1, 0.15) is 11.1 Å². The summed E-state index contributed by atoms with van der Waals surface area (Å²) in [5.74, 6) is 1.47. The lowest BCUT2D eigenvalue weighted by Gasteiger charge is -2.04. The highest BCUT2D eigenvalue weighted by atomic mass is 16.5. The fourth-order valence-electron chi connectivity index (χ4n) is 2.04. The van der Waals surface area contributed by atoms with E-state index in [9.17, 15) is 0 Å². The van der Waals surface area contributed by atoms with E-state index in [0.29, 0.717) is 13.2 Å². The minimum absolute atomic E-state index is 0.687. The van der Waals surface area contributed by atoms with Crippen LogP contribution in [0.3, 0.4) is 0 Å². The summed E-state index contributed by atoms with van der Waals surface area (Å²) in [6, 6.07) is 7.96. The maximum Gasteiger partial charge on any atom is 0.216 e. The molecule has 0 bridgehead atoms. The zero-order valence-electron chi connectivity index (χ0n) is 11.7. The normalized spacial score (nSPS) is 18.9. The van der Waals surface area contributed by atoms with Crippen molar-refractivity contribution in [1.82, 2.24) is 0 Å². The molecule has 3 heterocycles. The monoisotopic (exact) mass is 287 g/mol. The molecule has 0 amide bonds. The zero-order chi connectivity index (χ0) is 14.3. The number of ether oxygens (including phenoxy) is 3. The summed E-state index contributed by atoms with van der Waals surface area (Å²) in [5.41, 5.74) is 2.03. The van der Waals surface area contributed by atoms with E-state index in [1.54, 1.807) is 0 Å². The van der Waals surface area contributed by atoms with Gasteiger partial charge >= 0.3 is 0 Å². The van der Waals surface area contributed by atoms with Gasteiger partial charge in [0.25, 0.3) is 0 Å². The van der Waals surface area contributed by atoms with Crippen LogP contribution in [0.2, 0.25) is 0 Å². The van der Waals surface area contributed by atoms with Crippen molar-refractivity contribution in [1.29, 1.82) is 0 Å². The predicted octanol–water partition coefficient (Wildman–Crippen LogP) is 1.29. The minimum Gasteiger partial charge on any atom is -0.482 e. The SMILES string of the molecule is C1=NCCO1.c1cc(C2=NCCO2)ccc1C1=NCCO1. The molecule has 6 nitrogen and oxygen atoms in total. The van der Waals surface area contributed by atoms with E-state index in [0.717, 1.165) is 49.2 Å². The summed E-state index contributed by atoms with van der Waals surface area (Å²) < 4.78 is 15.4. The maximum atomic E-state index is 5.39. The first kappa shape index (κ1) is 13.6. The van der Waals surface area contributed by atoms with E-state index in [4.69, 9.17) is 9.47 Å². The molecule has 6 heteroatoms. The Balaban J connectivity index is 0.000000225. The lowest BCUT2D eigenvalue weighted by atomic mass is 10.1. The summed E-state index contributed by atoms with van der Waals surface area (Å²) in [5, 5.41) is 0. The molecule has 0 aliphatic carbocycles. The van der Waals surface area contributed by atoms with Gasteiger partial charge in [-0.15, -0.1) is 0 Å². The molecule has 0 atom stereocenters. The van der Waals surface area contributed by atoms with Gasteiger partial charge in [0.1, 0.15) is 19.8 Å². The van der Waals surface area contributed by atoms with Crippen LogP contribution >= 0.6 is 0 Å². The van der Waals surface area contributed by atoms with Crippen LogP contribution in [0, 0.1) is 0 Å². The highest BCUT2D eigenvalue weighted by molar-refractivity contribution is 5.98. The second kappa shape index (κ2) is 6.88. The van der Waals surface area contributed by atoms with Crippen molar-refractivity contribution < 1.29 is 14.2 Å². The molecule has 21 heavy (non-hydrogen) atoms. The zero-order valence-corrected chi connectivity index (χ0v) is 11.7. The lowest BCUT2D eigenvalue weighted by Crippen LogP contribution is -2.04. The molecule has 0 saturated heterocycles. The molecule has 3 aliphatic rings. The van der Waals surface area contributed by atoms with Crippen LogP contribution in [0.25, 0.3) is 0 Å². The third kappa shape index (κ3) is 3.59. The molecule has 0 saturated carbocycles. The summed E-state index contributed by atoms with van der Waals surface area (Å²) in [6.07, 6.45) is 1.49. The minimum atomic E-state index is 0.687. The summed E-state index contributed by atoms with van der Waals surface area (Å²) in [6.45, 7) is 4.51. The Morgan fingerprint density at radius 1 is 0.714 bits per heavy atom. The molecule has 0 radical (unpaired) electrons. The molecule has 1 aromatic rings. The number of hydrogen-bond donors (Lipinski definition) is 0. The fraction of sp³-hybridized carbons (Fsp3) is 0.400. The Kier molecular flexibility index (Phi) is 4.45. The number of rotatable bonds is 2. The van der Waals surface area contributed by atoms with E-state index < -0.39 is 0 Å². The van der Waals surface area contributed by atoms with Crippen molar-refractivity contribution in [2.45, 2.75) is 0 Å². The standard InChI is InChI=1S/C12H12N2O2.C3H5NO/c1-2-10(12-14-6-8-16-12)4-3-9(1)11-13-5-7-15-11;1-2-5-3-4-1/h1-4H,5-8H2;3H,1-2H2. The van der Waals surface area contributed by atoms with Gasteiger partial charge in [-0.25, -0.2) is 9.98 Å². The molecule has 0 N–H and O–H groups in total. The molecule has 4 rings (SSSR count). The van der Waals surface area contributed by atoms with Gasteiger partial charge < -0.3 is 14.2 Å². The Morgan fingerprint density at radius 2 is 1.29 bits per heavy atom. The average molecular weight is 287 g/mol. The van der Waals surface area contributed by atoms with Gasteiger partial charge in [-0.1, -0.05) is 0 Å². The second-order valence-electron chi connectivity index (χ2n) is 4.53. The Labute approximate surface area is 123 Å². The lowest BCUT2D eigenvalue weighted by molar-refractivity contribution is 0.347. The number of aliphatic imine (C=N–C) groups is 3. The van der Waals surface area contributed by atoms with E-state index in [1.165, 1.54) is 6.40 Å². The molecule has 0 spiro atoms. The molecule has 110 valence electrons. The van der Waals surface area contributed by atoms with Gasteiger partial charge in [-0.05, 0) is 24.3 Å². The largest absolute Gasteiger partial charge is 0.482 e.